The molecule has 3 aromatic rings. The number of amides is 2. The number of hydrogen-bond acceptors (Lipinski definition) is 4. The van der Waals surface area contributed by atoms with Crippen LogP contribution in [0.1, 0.15) is 19.0 Å². The number of nitrogens with one attached hydrogen (secondary N) is 2. The monoisotopic (exact) mass is 379 g/mol. The Morgan fingerprint density at radius 2 is 1.96 bits per heavy atom. The third kappa shape index (κ3) is 4.23. The lowest BCUT2D eigenvalue weighted by Gasteiger charge is -2.16. The SMILES string of the molecule is CCC(O)CNC(=O)Nc1ccc2nc(C)c(-c3ccccc3)c(OC)c2c1. The Bertz CT molecular complexity index is 974. The first-order valence-electron chi connectivity index (χ1n) is 9.30. The summed E-state index contributed by atoms with van der Waals surface area (Å²) in [4.78, 5) is 16.8. The van der Waals surface area contributed by atoms with E-state index in [4.69, 9.17) is 9.72 Å². The number of methoxy groups -OCH3 is 1. The second kappa shape index (κ2) is 8.71. The number of aryl methyl sites for hydroxylation is 1. The van der Waals surface area contributed by atoms with Gasteiger partial charge in [0.25, 0.3) is 0 Å². The van der Waals surface area contributed by atoms with Crippen LogP contribution in [0, 0.1) is 6.92 Å². The summed E-state index contributed by atoms with van der Waals surface area (Å²) in [5.41, 5.74) is 4.25. The van der Waals surface area contributed by atoms with Crippen molar-refractivity contribution in [1.29, 1.82) is 0 Å². The van der Waals surface area contributed by atoms with E-state index in [9.17, 15) is 9.90 Å². The summed E-state index contributed by atoms with van der Waals surface area (Å²) < 4.78 is 5.75. The molecule has 1 aromatic heterocycles. The van der Waals surface area contributed by atoms with Gasteiger partial charge in [0.1, 0.15) is 5.75 Å². The van der Waals surface area contributed by atoms with Crippen LogP contribution < -0.4 is 15.4 Å². The normalized spacial score (nSPS) is 11.9. The maximum atomic E-state index is 12.1. The molecule has 3 N–H and O–H groups in total. The van der Waals surface area contributed by atoms with Gasteiger partial charge >= 0.3 is 6.03 Å². The van der Waals surface area contributed by atoms with Crippen molar-refractivity contribution < 1.29 is 14.6 Å². The zero-order valence-corrected chi connectivity index (χ0v) is 16.3. The first-order valence-corrected chi connectivity index (χ1v) is 9.30. The van der Waals surface area contributed by atoms with Crippen LogP contribution in [0.2, 0.25) is 0 Å². The molecule has 1 heterocycles. The van der Waals surface area contributed by atoms with E-state index in [0.717, 1.165) is 33.5 Å². The minimum absolute atomic E-state index is 0.206. The maximum absolute atomic E-state index is 12.1. The van der Waals surface area contributed by atoms with Crippen molar-refractivity contribution in [2.24, 2.45) is 0 Å². The predicted molar refractivity (Wildman–Crippen MR) is 112 cm³/mol. The molecule has 6 nitrogen and oxygen atoms in total. The highest BCUT2D eigenvalue weighted by Crippen LogP contribution is 2.38. The lowest BCUT2D eigenvalue weighted by Crippen LogP contribution is -2.34. The molecule has 0 saturated heterocycles. The minimum atomic E-state index is -0.553. The van der Waals surface area contributed by atoms with Gasteiger partial charge in [-0.3, -0.25) is 4.98 Å². The van der Waals surface area contributed by atoms with E-state index in [1.54, 1.807) is 13.2 Å². The van der Waals surface area contributed by atoms with Gasteiger partial charge in [-0.05, 0) is 37.1 Å². The van der Waals surface area contributed by atoms with E-state index in [2.05, 4.69) is 10.6 Å². The molecule has 0 saturated carbocycles. The van der Waals surface area contributed by atoms with Gasteiger partial charge in [0, 0.05) is 28.9 Å². The molecular weight excluding hydrogens is 354 g/mol. The molecule has 146 valence electrons. The van der Waals surface area contributed by atoms with Crippen LogP contribution in [0.25, 0.3) is 22.0 Å². The number of carbonyl (C=O) groups is 1. The molecule has 2 aromatic carbocycles. The summed E-state index contributed by atoms with van der Waals surface area (Å²) in [6.45, 7) is 4.03. The molecule has 0 aliphatic rings. The summed E-state index contributed by atoms with van der Waals surface area (Å²) >= 11 is 0. The fraction of sp³-hybridized carbons (Fsp3) is 0.273. The van der Waals surface area contributed by atoms with Gasteiger partial charge in [-0.25, -0.2) is 4.79 Å². The Kier molecular flexibility index (Phi) is 6.11. The number of fused-ring (bicyclic) bond motifs is 1. The molecule has 6 heteroatoms. The van der Waals surface area contributed by atoms with Gasteiger partial charge in [-0.15, -0.1) is 0 Å². The number of pyridine rings is 1. The van der Waals surface area contributed by atoms with Gasteiger partial charge in [-0.2, -0.15) is 0 Å². The van der Waals surface area contributed by atoms with Gasteiger partial charge in [-0.1, -0.05) is 37.3 Å². The van der Waals surface area contributed by atoms with Crippen molar-refractivity contribution in [3.8, 4) is 16.9 Å². The van der Waals surface area contributed by atoms with E-state index in [1.165, 1.54) is 0 Å². The molecule has 0 aliphatic heterocycles. The number of ether oxygens (including phenoxy) is 1. The lowest BCUT2D eigenvalue weighted by molar-refractivity contribution is 0.168. The number of benzene rings is 2. The molecule has 0 spiro atoms. The highest BCUT2D eigenvalue weighted by Gasteiger charge is 2.16. The highest BCUT2D eigenvalue weighted by molar-refractivity contribution is 5.98. The quantitative estimate of drug-likeness (QED) is 0.602. The van der Waals surface area contributed by atoms with Crippen molar-refractivity contribution in [2.45, 2.75) is 26.4 Å². The molecular formula is C22H25N3O3. The fourth-order valence-corrected chi connectivity index (χ4v) is 3.12. The summed E-state index contributed by atoms with van der Waals surface area (Å²) in [5, 5.41) is 15.9. The number of nitrogens with zero attached hydrogens (tertiary/aromatic N) is 1. The predicted octanol–water partition coefficient (Wildman–Crippen LogP) is 4.11. The summed E-state index contributed by atoms with van der Waals surface area (Å²) in [6.07, 6.45) is 0.0313. The van der Waals surface area contributed by atoms with Gasteiger partial charge in [0.05, 0.1) is 18.7 Å². The number of aliphatic hydroxyl groups excluding tert-OH is 1. The molecule has 3 rings (SSSR count). The van der Waals surface area contributed by atoms with Crippen LogP contribution >= 0.6 is 0 Å². The van der Waals surface area contributed by atoms with E-state index in [1.807, 2.05) is 56.3 Å². The number of aromatic nitrogens is 1. The second-order valence-electron chi connectivity index (χ2n) is 6.60. The largest absolute Gasteiger partial charge is 0.495 e. The molecule has 0 fully saturated rings. The summed E-state index contributed by atoms with van der Waals surface area (Å²) in [5.74, 6) is 0.721. The first-order chi connectivity index (χ1) is 13.5. The lowest BCUT2D eigenvalue weighted by atomic mass is 10.00. The number of anilines is 1. The van der Waals surface area contributed by atoms with Crippen molar-refractivity contribution in [3.63, 3.8) is 0 Å². The Labute approximate surface area is 164 Å². The zero-order chi connectivity index (χ0) is 20.1. The van der Waals surface area contributed by atoms with Crippen LogP contribution in [0.3, 0.4) is 0 Å². The number of hydrogen-bond donors (Lipinski definition) is 3. The third-order valence-electron chi connectivity index (χ3n) is 4.61. The Balaban J connectivity index is 1.96. The molecule has 0 radical (unpaired) electrons. The fourth-order valence-electron chi connectivity index (χ4n) is 3.12. The number of aliphatic hydroxyl groups is 1. The number of carbonyl (C=O) groups excluding carboxylic acids is 1. The second-order valence-corrected chi connectivity index (χ2v) is 6.60. The minimum Gasteiger partial charge on any atom is -0.495 e. The van der Waals surface area contributed by atoms with Crippen molar-refractivity contribution in [3.05, 3.63) is 54.2 Å². The smallest absolute Gasteiger partial charge is 0.319 e. The zero-order valence-electron chi connectivity index (χ0n) is 16.3. The molecule has 28 heavy (non-hydrogen) atoms. The third-order valence-corrected chi connectivity index (χ3v) is 4.61. The van der Waals surface area contributed by atoms with Crippen molar-refractivity contribution >= 4 is 22.6 Å². The van der Waals surface area contributed by atoms with Crippen LogP contribution in [0.5, 0.6) is 5.75 Å². The van der Waals surface area contributed by atoms with E-state index >= 15 is 0 Å². The van der Waals surface area contributed by atoms with Crippen LogP contribution in [0.15, 0.2) is 48.5 Å². The van der Waals surface area contributed by atoms with Crippen LogP contribution in [0.4, 0.5) is 10.5 Å². The van der Waals surface area contributed by atoms with Crippen molar-refractivity contribution in [1.82, 2.24) is 10.3 Å². The van der Waals surface area contributed by atoms with Gasteiger partial charge in [0.15, 0.2) is 0 Å². The Morgan fingerprint density at radius 3 is 2.64 bits per heavy atom. The van der Waals surface area contributed by atoms with Gasteiger partial charge < -0.3 is 20.5 Å². The Morgan fingerprint density at radius 1 is 1.21 bits per heavy atom. The van der Waals surface area contributed by atoms with Crippen LogP contribution in [-0.2, 0) is 0 Å². The molecule has 1 atom stereocenters. The number of rotatable bonds is 6. The Hall–Kier alpha value is -3.12. The van der Waals surface area contributed by atoms with E-state index < -0.39 is 6.10 Å². The topological polar surface area (TPSA) is 83.5 Å². The standard InChI is InChI=1S/C22H25N3O3/c1-4-17(26)13-23-22(27)25-16-10-11-19-18(12-16)21(28-3)20(14(2)24-19)15-8-6-5-7-9-15/h5-12,17,26H,4,13H2,1-3H3,(H2,23,25,27). The molecule has 0 aliphatic carbocycles. The average molecular weight is 379 g/mol. The molecule has 0 bridgehead atoms. The van der Waals surface area contributed by atoms with E-state index in [0.29, 0.717) is 12.1 Å². The average Bonchev–Trinajstić information content (AvgIpc) is 2.71. The molecule has 2 amide bonds. The summed E-state index contributed by atoms with van der Waals surface area (Å²) in [6, 6.07) is 15.1. The van der Waals surface area contributed by atoms with Crippen molar-refractivity contribution in [2.75, 3.05) is 19.0 Å². The van der Waals surface area contributed by atoms with Gasteiger partial charge in [0.2, 0.25) is 0 Å². The number of urea groups is 1. The highest BCUT2D eigenvalue weighted by atomic mass is 16.5. The molecule has 1 unspecified atom stereocenters. The first kappa shape index (κ1) is 19.6. The summed E-state index contributed by atoms with van der Waals surface area (Å²) in [7, 11) is 1.64. The van der Waals surface area contributed by atoms with Crippen LogP contribution in [-0.4, -0.2) is 35.9 Å². The van der Waals surface area contributed by atoms with E-state index in [-0.39, 0.29) is 12.6 Å². The maximum Gasteiger partial charge on any atom is 0.319 e.